The van der Waals surface area contributed by atoms with Gasteiger partial charge in [-0.1, -0.05) is 18.9 Å². The summed E-state index contributed by atoms with van der Waals surface area (Å²) < 4.78 is 63.2. The first-order chi connectivity index (χ1) is 11.2. The van der Waals surface area contributed by atoms with Crippen LogP contribution in [0.5, 0.6) is 0 Å². The maximum Gasteiger partial charge on any atom is 0.405 e. The highest BCUT2D eigenvalue weighted by Crippen LogP contribution is 2.21. The Morgan fingerprint density at radius 1 is 1.12 bits per heavy atom. The van der Waals surface area contributed by atoms with E-state index in [1.54, 1.807) is 5.32 Å². The van der Waals surface area contributed by atoms with Gasteiger partial charge in [0.05, 0.1) is 4.90 Å². The van der Waals surface area contributed by atoms with E-state index in [0.717, 1.165) is 31.7 Å². The minimum atomic E-state index is -4.52. The Morgan fingerprint density at radius 2 is 1.75 bits per heavy atom. The van der Waals surface area contributed by atoms with Crippen molar-refractivity contribution in [2.75, 3.05) is 19.6 Å². The Labute approximate surface area is 138 Å². The normalized spacial score (nSPS) is 17.3. The van der Waals surface area contributed by atoms with Crippen LogP contribution in [0, 0.1) is 0 Å². The van der Waals surface area contributed by atoms with Gasteiger partial charge in [-0.05, 0) is 31.0 Å². The first kappa shape index (κ1) is 18.7. The third kappa shape index (κ3) is 4.94. The summed E-state index contributed by atoms with van der Waals surface area (Å²) in [6, 6.07) is 5.10. The summed E-state index contributed by atoms with van der Waals surface area (Å²) in [5, 5.41) is 1.73. The Balaban J connectivity index is 2.18. The van der Waals surface area contributed by atoms with E-state index in [9.17, 15) is 26.4 Å². The second-order valence-corrected chi connectivity index (χ2v) is 7.58. The van der Waals surface area contributed by atoms with Gasteiger partial charge in [0.15, 0.2) is 0 Å². The summed E-state index contributed by atoms with van der Waals surface area (Å²) in [6.07, 6.45) is -1.06. The number of carbonyl (C=O) groups is 1. The van der Waals surface area contributed by atoms with Crippen molar-refractivity contribution < 1.29 is 26.4 Å². The van der Waals surface area contributed by atoms with Gasteiger partial charge in [0.2, 0.25) is 10.0 Å². The fourth-order valence-corrected chi connectivity index (χ4v) is 4.07. The van der Waals surface area contributed by atoms with Crippen molar-refractivity contribution >= 4 is 15.9 Å². The van der Waals surface area contributed by atoms with Crippen molar-refractivity contribution in [3.8, 4) is 0 Å². The molecule has 0 aliphatic carbocycles. The lowest BCUT2D eigenvalue weighted by atomic mass is 10.2. The average Bonchev–Trinajstić information content (AvgIpc) is 2.82. The van der Waals surface area contributed by atoms with Gasteiger partial charge in [-0.3, -0.25) is 4.79 Å². The van der Waals surface area contributed by atoms with Crippen molar-refractivity contribution in [3.05, 3.63) is 29.8 Å². The van der Waals surface area contributed by atoms with Crippen LogP contribution in [0.2, 0.25) is 0 Å². The van der Waals surface area contributed by atoms with Gasteiger partial charge < -0.3 is 5.32 Å². The van der Waals surface area contributed by atoms with Crippen molar-refractivity contribution in [3.63, 3.8) is 0 Å². The van der Waals surface area contributed by atoms with Gasteiger partial charge in [0.25, 0.3) is 5.91 Å². The number of sulfonamides is 1. The first-order valence-electron chi connectivity index (χ1n) is 7.65. The quantitative estimate of drug-likeness (QED) is 0.893. The van der Waals surface area contributed by atoms with Gasteiger partial charge >= 0.3 is 6.18 Å². The molecule has 9 heteroatoms. The summed E-state index contributed by atoms with van der Waals surface area (Å²) in [7, 11) is -3.75. The number of amides is 1. The Hall–Kier alpha value is -1.61. The highest BCUT2D eigenvalue weighted by Gasteiger charge is 2.29. The summed E-state index contributed by atoms with van der Waals surface area (Å²) >= 11 is 0. The molecule has 0 saturated carbocycles. The largest absolute Gasteiger partial charge is 0.405 e. The van der Waals surface area contributed by atoms with Gasteiger partial charge in [0, 0.05) is 18.7 Å². The number of benzene rings is 1. The van der Waals surface area contributed by atoms with Crippen molar-refractivity contribution in [2.24, 2.45) is 0 Å². The number of nitrogens with zero attached hydrogens (tertiary/aromatic N) is 1. The Kier molecular flexibility index (Phi) is 5.87. The summed E-state index contributed by atoms with van der Waals surface area (Å²) in [5.74, 6) is -0.958. The fourth-order valence-electron chi connectivity index (χ4n) is 2.51. The van der Waals surface area contributed by atoms with Crippen LogP contribution in [0.15, 0.2) is 29.2 Å². The zero-order valence-electron chi connectivity index (χ0n) is 13.0. The van der Waals surface area contributed by atoms with Gasteiger partial charge in [-0.2, -0.15) is 17.5 Å². The second-order valence-electron chi connectivity index (χ2n) is 5.64. The number of hydrogen-bond acceptors (Lipinski definition) is 3. The third-order valence-corrected chi connectivity index (χ3v) is 5.64. The van der Waals surface area contributed by atoms with Crippen LogP contribution in [0.1, 0.15) is 36.0 Å². The molecule has 1 amide bonds. The Bertz CT molecular complexity index is 681. The lowest BCUT2D eigenvalue weighted by Crippen LogP contribution is -2.34. The molecule has 0 bridgehead atoms. The number of carbonyl (C=O) groups excluding carboxylic acids is 1. The molecular weight excluding hydrogens is 345 g/mol. The first-order valence-corrected chi connectivity index (χ1v) is 9.09. The molecule has 24 heavy (non-hydrogen) atoms. The van der Waals surface area contributed by atoms with Crippen LogP contribution >= 0.6 is 0 Å². The zero-order chi connectivity index (χ0) is 17.8. The van der Waals surface area contributed by atoms with Crippen molar-refractivity contribution in [1.82, 2.24) is 9.62 Å². The number of halogens is 3. The number of hydrogen-bond donors (Lipinski definition) is 1. The molecule has 1 fully saturated rings. The van der Waals surface area contributed by atoms with E-state index < -0.39 is 28.7 Å². The number of rotatable bonds is 4. The van der Waals surface area contributed by atoms with Crippen LogP contribution in [-0.2, 0) is 10.0 Å². The minimum Gasteiger partial charge on any atom is -0.343 e. The summed E-state index contributed by atoms with van der Waals surface area (Å²) in [5.41, 5.74) is -0.116. The fraction of sp³-hybridized carbons (Fsp3) is 0.533. The lowest BCUT2D eigenvalue weighted by Gasteiger charge is -2.20. The highest BCUT2D eigenvalue weighted by molar-refractivity contribution is 7.89. The van der Waals surface area contributed by atoms with E-state index in [2.05, 4.69) is 0 Å². The smallest absolute Gasteiger partial charge is 0.343 e. The summed E-state index contributed by atoms with van der Waals surface area (Å²) in [4.78, 5) is 11.7. The molecule has 0 atom stereocenters. The van der Waals surface area contributed by atoms with Crippen LogP contribution in [0.25, 0.3) is 0 Å². The second kappa shape index (κ2) is 7.52. The van der Waals surface area contributed by atoms with E-state index in [-0.39, 0.29) is 10.5 Å². The maximum atomic E-state index is 12.6. The van der Waals surface area contributed by atoms with E-state index in [4.69, 9.17) is 0 Å². The average molecular weight is 364 g/mol. The molecule has 1 heterocycles. The Morgan fingerprint density at radius 3 is 2.33 bits per heavy atom. The molecule has 2 rings (SSSR count). The molecule has 1 aliphatic rings. The minimum absolute atomic E-state index is 0.0796. The predicted molar refractivity (Wildman–Crippen MR) is 82.1 cm³/mol. The molecule has 1 aromatic rings. The van der Waals surface area contributed by atoms with Crippen LogP contribution < -0.4 is 5.32 Å². The standard InChI is InChI=1S/C15H19F3N2O3S/c16-15(17,18)11-19-14(21)12-6-5-7-13(10-12)24(22,23)20-8-3-1-2-4-9-20/h5-7,10H,1-4,8-9,11H2,(H,19,21). The maximum absolute atomic E-state index is 12.6. The molecular formula is C15H19F3N2O3S. The van der Waals surface area contributed by atoms with Crippen molar-refractivity contribution in [1.29, 1.82) is 0 Å². The van der Waals surface area contributed by atoms with Crippen LogP contribution in [0.3, 0.4) is 0 Å². The monoisotopic (exact) mass is 364 g/mol. The molecule has 1 saturated heterocycles. The topological polar surface area (TPSA) is 66.5 Å². The van der Waals surface area contributed by atoms with Gasteiger partial charge in [0.1, 0.15) is 6.54 Å². The van der Waals surface area contributed by atoms with E-state index in [1.807, 2.05) is 0 Å². The molecule has 5 nitrogen and oxygen atoms in total. The molecule has 1 aromatic carbocycles. The molecule has 0 aromatic heterocycles. The van der Waals surface area contributed by atoms with Crippen molar-refractivity contribution in [2.45, 2.75) is 36.8 Å². The predicted octanol–water partition coefficient (Wildman–Crippen LogP) is 2.54. The molecule has 1 N–H and O–H groups in total. The molecule has 0 unspecified atom stereocenters. The van der Waals surface area contributed by atoms with E-state index in [1.165, 1.54) is 22.5 Å². The lowest BCUT2D eigenvalue weighted by molar-refractivity contribution is -0.123. The number of alkyl halides is 3. The third-order valence-electron chi connectivity index (χ3n) is 3.75. The molecule has 134 valence electrons. The number of nitrogens with one attached hydrogen (secondary N) is 1. The van der Waals surface area contributed by atoms with Crippen LogP contribution in [0.4, 0.5) is 13.2 Å². The van der Waals surface area contributed by atoms with E-state index >= 15 is 0 Å². The summed E-state index contributed by atoms with van der Waals surface area (Å²) in [6.45, 7) is -0.644. The van der Waals surface area contributed by atoms with E-state index in [0.29, 0.717) is 13.1 Å². The molecule has 0 spiro atoms. The SMILES string of the molecule is O=C(NCC(F)(F)F)c1cccc(S(=O)(=O)N2CCCCCC2)c1. The van der Waals surface area contributed by atoms with Gasteiger partial charge in [-0.15, -0.1) is 0 Å². The molecule has 0 radical (unpaired) electrons. The molecule has 1 aliphatic heterocycles. The highest BCUT2D eigenvalue weighted by atomic mass is 32.2. The van der Waals surface area contributed by atoms with Gasteiger partial charge in [-0.25, -0.2) is 8.42 Å². The zero-order valence-corrected chi connectivity index (χ0v) is 13.8. The van der Waals surface area contributed by atoms with Crippen LogP contribution in [-0.4, -0.2) is 44.4 Å².